The van der Waals surface area contributed by atoms with E-state index in [-0.39, 0.29) is 17.9 Å². The third-order valence-corrected chi connectivity index (χ3v) is 5.03. The summed E-state index contributed by atoms with van der Waals surface area (Å²) in [4.78, 5) is 38.0. The number of nitrogens with one attached hydrogen (secondary N) is 1. The van der Waals surface area contributed by atoms with Gasteiger partial charge in [-0.1, -0.05) is 36.8 Å². The van der Waals surface area contributed by atoms with Crippen molar-refractivity contribution < 1.29 is 14.4 Å². The molecule has 0 bridgehead atoms. The van der Waals surface area contributed by atoms with Crippen LogP contribution < -0.4 is 5.32 Å². The molecule has 5 nitrogen and oxygen atoms in total. The van der Waals surface area contributed by atoms with E-state index in [4.69, 9.17) is 0 Å². The monoisotopic (exact) mass is 284 g/mol. The van der Waals surface area contributed by atoms with E-state index in [2.05, 4.69) is 5.32 Å². The Labute approximate surface area is 122 Å². The van der Waals surface area contributed by atoms with Crippen LogP contribution in [-0.4, -0.2) is 28.8 Å². The lowest BCUT2D eigenvalue weighted by Gasteiger charge is -2.44. The van der Waals surface area contributed by atoms with E-state index in [1.54, 1.807) is 0 Å². The molecule has 1 aromatic rings. The second-order valence-corrected chi connectivity index (χ2v) is 6.19. The molecule has 3 aliphatic rings. The molecule has 2 saturated carbocycles. The minimum atomic E-state index is -0.961. The number of imide groups is 2. The summed E-state index contributed by atoms with van der Waals surface area (Å²) in [6.07, 6.45) is 2.77. The highest BCUT2D eigenvalue weighted by atomic mass is 16.2. The van der Waals surface area contributed by atoms with E-state index < -0.39 is 17.4 Å². The first-order valence-corrected chi connectivity index (χ1v) is 7.37. The van der Waals surface area contributed by atoms with E-state index in [1.165, 1.54) is 4.90 Å². The highest BCUT2D eigenvalue weighted by Gasteiger charge is 2.61. The van der Waals surface area contributed by atoms with Crippen LogP contribution in [0, 0.1) is 5.41 Å². The summed E-state index contributed by atoms with van der Waals surface area (Å²) in [5, 5.41) is 2.37. The zero-order valence-electron chi connectivity index (χ0n) is 11.5. The summed E-state index contributed by atoms with van der Waals surface area (Å²) < 4.78 is 0. The predicted octanol–water partition coefficient (Wildman–Crippen LogP) is 1.79. The van der Waals surface area contributed by atoms with Crippen molar-refractivity contribution >= 4 is 17.8 Å². The number of benzene rings is 1. The molecule has 1 heterocycles. The maximum Gasteiger partial charge on any atom is 0.331 e. The van der Waals surface area contributed by atoms with Crippen molar-refractivity contribution in [3.05, 3.63) is 35.9 Å². The lowest BCUT2D eigenvalue weighted by atomic mass is 9.66. The van der Waals surface area contributed by atoms with Crippen LogP contribution in [0.15, 0.2) is 30.3 Å². The number of carbonyl (C=O) groups excluding carboxylic acids is 3. The Kier molecular flexibility index (Phi) is 2.49. The van der Waals surface area contributed by atoms with Crippen LogP contribution in [0.5, 0.6) is 0 Å². The Morgan fingerprint density at radius 1 is 1.10 bits per heavy atom. The Balaban J connectivity index is 1.59. The summed E-state index contributed by atoms with van der Waals surface area (Å²) in [5.74, 6) is -0.492. The van der Waals surface area contributed by atoms with Crippen LogP contribution in [-0.2, 0) is 9.59 Å². The van der Waals surface area contributed by atoms with Gasteiger partial charge in [-0.3, -0.25) is 19.8 Å². The van der Waals surface area contributed by atoms with Crippen molar-refractivity contribution in [2.75, 3.05) is 0 Å². The van der Waals surface area contributed by atoms with Crippen LogP contribution in [0.2, 0.25) is 0 Å². The summed E-state index contributed by atoms with van der Waals surface area (Å²) >= 11 is 0. The van der Waals surface area contributed by atoms with Crippen molar-refractivity contribution in [1.29, 1.82) is 0 Å². The fourth-order valence-electron chi connectivity index (χ4n) is 3.49. The number of hydrogen-bond donors (Lipinski definition) is 1. The largest absolute Gasteiger partial charge is 0.331 e. The van der Waals surface area contributed by atoms with Gasteiger partial charge in [0.15, 0.2) is 0 Å². The standard InChI is InChI=1S/C16H16N2O3/c19-13-16(7-4-8-16)14(20)18(15(21)17-13)12-9-11(12)10-5-2-1-3-6-10/h1-3,5-6,11-12H,4,7-9H2,(H,17,19,21). The normalized spacial score (nSPS) is 30.1. The average Bonchev–Trinajstić information content (AvgIpc) is 3.18. The van der Waals surface area contributed by atoms with Crippen LogP contribution in [0.25, 0.3) is 0 Å². The molecule has 1 N–H and O–H groups in total. The summed E-state index contributed by atoms with van der Waals surface area (Å²) in [7, 11) is 0. The molecule has 1 aromatic carbocycles. The number of rotatable bonds is 2. The van der Waals surface area contributed by atoms with Gasteiger partial charge in [-0.2, -0.15) is 0 Å². The SMILES string of the molecule is O=C1NC(=O)C2(CCC2)C(=O)N1C1CC1c1ccccc1. The Morgan fingerprint density at radius 3 is 2.43 bits per heavy atom. The Morgan fingerprint density at radius 2 is 1.81 bits per heavy atom. The minimum absolute atomic E-state index is 0.106. The second-order valence-electron chi connectivity index (χ2n) is 6.19. The van der Waals surface area contributed by atoms with E-state index >= 15 is 0 Å². The fraction of sp³-hybridized carbons (Fsp3) is 0.438. The molecule has 0 radical (unpaired) electrons. The number of amides is 4. The molecule has 4 rings (SSSR count). The molecular weight excluding hydrogens is 268 g/mol. The van der Waals surface area contributed by atoms with Crippen LogP contribution in [0.3, 0.4) is 0 Å². The highest BCUT2D eigenvalue weighted by Crippen LogP contribution is 2.50. The quantitative estimate of drug-likeness (QED) is 0.842. The molecule has 1 spiro atoms. The smallest absolute Gasteiger partial charge is 0.277 e. The highest BCUT2D eigenvalue weighted by molar-refractivity contribution is 6.20. The molecule has 21 heavy (non-hydrogen) atoms. The van der Waals surface area contributed by atoms with Gasteiger partial charge in [0.1, 0.15) is 5.41 Å². The number of urea groups is 1. The van der Waals surface area contributed by atoms with Gasteiger partial charge >= 0.3 is 6.03 Å². The third kappa shape index (κ3) is 1.66. The number of barbiturate groups is 1. The molecule has 0 aromatic heterocycles. The van der Waals surface area contributed by atoms with Crippen molar-refractivity contribution in [2.45, 2.75) is 37.6 Å². The minimum Gasteiger partial charge on any atom is -0.277 e. The maximum atomic E-state index is 12.7. The first kappa shape index (κ1) is 12.6. The van der Waals surface area contributed by atoms with E-state index in [0.29, 0.717) is 12.8 Å². The lowest BCUT2D eigenvalue weighted by molar-refractivity contribution is -0.158. The van der Waals surface area contributed by atoms with Crippen LogP contribution >= 0.6 is 0 Å². The van der Waals surface area contributed by atoms with Gasteiger partial charge in [0.05, 0.1) is 0 Å². The Hall–Kier alpha value is -2.17. The van der Waals surface area contributed by atoms with Gasteiger partial charge in [0.25, 0.3) is 0 Å². The van der Waals surface area contributed by atoms with Crippen molar-refractivity contribution in [2.24, 2.45) is 5.41 Å². The van der Waals surface area contributed by atoms with E-state index in [1.807, 2.05) is 30.3 Å². The second kappa shape index (κ2) is 4.16. The predicted molar refractivity (Wildman–Crippen MR) is 74.3 cm³/mol. The lowest BCUT2D eigenvalue weighted by Crippen LogP contribution is -2.66. The van der Waals surface area contributed by atoms with Gasteiger partial charge in [-0.05, 0) is 24.8 Å². The van der Waals surface area contributed by atoms with E-state index in [9.17, 15) is 14.4 Å². The molecule has 2 unspecified atom stereocenters. The first-order valence-electron chi connectivity index (χ1n) is 7.37. The first-order chi connectivity index (χ1) is 10.1. The summed E-state index contributed by atoms with van der Waals surface area (Å²) in [6, 6.07) is 9.24. The molecule has 3 fully saturated rings. The Bertz CT molecular complexity index is 636. The van der Waals surface area contributed by atoms with Crippen molar-refractivity contribution in [1.82, 2.24) is 10.2 Å². The van der Waals surface area contributed by atoms with Crippen LogP contribution in [0.4, 0.5) is 4.79 Å². The van der Waals surface area contributed by atoms with Crippen LogP contribution in [0.1, 0.15) is 37.2 Å². The molecule has 2 aliphatic carbocycles. The van der Waals surface area contributed by atoms with Gasteiger partial charge in [-0.25, -0.2) is 4.79 Å². The van der Waals surface area contributed by atoms with Crippen molar-refractivity contribution in [3.8, 4) is 0 Å². The molecule has 1 aliphatic heterocycles. The van der Waals surface area contributed by atoms with Gasteiger partial charge < -0.3 is 0 Å². The molecule has 4 amide bonds. The average molecular weight is 284 g/mol. The summed E-state index contributed by atoms with van der Waals surface area (Å²) in [6.45, 7) is 0. The fourth-order valence-corrected chi connectivity index (χ4v) is 3.49. The third-order valence-electron chi connectivity index (χ3n) is 5.03. The topological polar surface area (TPSA) is 66.5 Å². The molecule has 5 heteroatoms. The molecule has 2 atom stereocenters. The molecular formula is C16H16N2O3. The van der Waals surface area contributed by atoms with Gasteiger partial charge in [0, 0.05) is 12.0 Å². The zero-order valence-corrected chi connectivity index (χ0v) is 11.5. The number of nitrogens with zero attached hydrogens (tertiary/aromatic N) is 1. The zero-order chi connectivity index (χ0) is 14.6. The summed E-state index contributed by atoms with van der Waals surface area (Å²) in [5.41, 5.74) is 0.181. The number of carbonyl (C=O) groups is 3. The maximum absolute atomic E-state index is 12.7. The number of hydrogen-bond acceptors (Lipinski definition) is 3. The van der Waals surface area contributed by atoms with Gasteiger partial charge in [0.2, 0.25) is 11.8 Å². The molecule has 108 valence electrons. The van der Waals surface area contributed by atoms with Gasteiger partial charge in [-0.15, -0.1) is 0 Å². The van der Waals surface area contributed by atoms with E-state index in [0.717, 1.165) is 18.4 Å². The molecule has 1 saturated heterocycles. The van der Waals surface area contributed by atoms with Crippen molar-refractivity contribution in [3.63, 3.8) is 0 Å².